The fourth-order valence-corrected chi connectivity index (χ4v) is 0. The van der Waals surface area contributed by atoms with Crippen molar-refractivity contribution in [2.24, 2.45) is 0 Å². The minimum absolute atomic E-state index is 0. The van der Waals surface area contributed by atoms with Crippen LogP contribution in [0.5, 0.6) is 0 Å². The van der Waals surface area contributed by atoms with Crippen LogP contribution in [0, 0.1) is 0 Å². The Balaban J connectivity index is -0.00000000800. The van der Waals surface area contributed by atoms with Gasteiger partial charge in [0.2, 0.25) is 0 Å². The van der Waals surface area contributed by atoms with E-state index in [0.717, 1.165) is 0 Å². The van der Waals surface area contributed by atoms with Gasteiger partial charge in [0, 0.05) is 0 Å². The van der Waals surface area contributed by atoms with Crippen LogP contribution in [0.4, 0.5) is 0 Å². The minimum atomic E-state index is -5.88. The average molecular weight is 226 g/mol. The summed E-state index contributed by atoms with van der Waals surface area (Å²) in [5, 5.41) is 0. The molecule has 0 aliphatic carbocycles. The zero-order valence-electron chi connectivity index (χ0n) is 6.46. The van der Waals surface area contributed by atoms with Gasteiger partial charge in [0.1, 0.15) is 0 Å². The van der Waals surface area contributed by atoms with Gasteiger partial charge in [-0.1, -0.05) is 0 Å². The molecule has 0 aromatic heterocycles. The average Bonchev–Trinajstić information content (AvgIpc) is 0.722. The topological polar surface area (TPSA) is 86.2 Å². The molecule has 0 amide bonds. The van der Waals surface area contributed by atoms with Gasteiger partial charge in [0.15, 0.2) is 0 Å². The molecule has 0 aliphatic heterocycles. The van der Waals surface area contributed by atoms with E-state index in [1.165, 1.54) is 0 Å². The van der Waals surface area contributed by atoms with Crippen LogP contribution in [0.1, 0.15) is 0 Å². The Labute approximate surface area is 150 Å². The maximum atomic E-state index is 8.61. The number of hydrogen-bond donors (Lipinski definition) is 0. The van der Waals surface area contributed by atoms with Gasteiger partial charge >= 0.3 is 149 Å². The Bertz CT molecular complexity index is 63.4. The Hall–Kier alpha value is 4.19. The van der Waals surface area contributed by atoms with E-state index in [1.54, 1.807) is 0 Å². The van der Waals surface area contributed by atoms with E-state index in [0.29, 0.717) is 0 Å². The zero-order valence-corrected chi connectivity index (χ0v) is 15.9. The van der Waals surface area contributed by atoms with E-state index in [2.05, 4.69) is 0 Å². The summed E-state index contributed by atoms with van der Waals surface area (Å²) in [6.45, 7) is 0. The van der Waals surface area contributed by atoms with E-state index >= 15 is 0 Å². The second-order valence-corrected chi connectivity index (χ2v) is 1.84. The standard InChI is InChI=1S/FH.4Na.4O.V/h1H;;;;;;;;;/q;4*+1;;3*-1;/p-1. The Kier molecular flexibility index (Phi) is 69.5. The first-order valence-corrected chi connectivity index (χ1v) is 3.01. The van der Waals surface area contributed by atoms with Crippen molar-refractivity contribution in [3.63, 3.8) is 0 Å². The fourth-order valence-electron chi connectivity index (χ4n) is 0. The molecule has 0 aromatic rings. The fraction of sp³-hybridized carbons (Fsp3) is 0. The van der Waals surface area contributed by atoms with Gasteiger partial charge < -0.3 is 4.70 Å². The Morgan fingerprint density at radius 3 is 0.800 bits per heavy atom. The molecule has 0 N–H and O–H groups in total. The molecule has 0 spiro atoms. The summed E-state index contributed by atoms with van der Waals surface area (Å²) in [7, 11) is 0. The molecule has 0 saturated heterocycles. The van der Waals surface area contributed by atoms with Gasteiger partial charge in [-0.25, -0.2) is 0 Å². The summed E-state index contributed by atoms with van der Waals surface area (Å²) in [5.74, 6) is 0. The van der Waals surface area contributed by atoms with Crippen molar-refractivity contribution in [2.45, 2.75) is 0 Å². The monoisotopic (exact) mass is 226 g/mol. The molecule has 0 aliphatic rings. The third-order valence-electron chi connectivity index (χ3n) is 0. The van der Waals surface area contributed by atoms with Gasteiger partial charge in [-0.2, -0.15) is 0 Å². The molecule has 0 aromatic carbocycles. The van der Waals surface area contributed by atoms with Crippen LogP contribution in [0.25, 0.3) is 0 Å². The van der Waals surface area contributed by atoms with Crippen LogP contribution in [0.2, 0.25) is 0 Å². The van der Waals surface area contributed by atoms with Crippen LogP contribution in [-0.4, -0.2) is 0 Å². The maximum absolute atomic E-state index is 8.61. The first-order valence-electron chi connectivity index (χ1n) is 0.730. The molecular formula is FNa4O4V. The van der Waals surface area contributed by atoms with Gasteiger partial charge in [0.25, 0.3) is 0 Å². The van der Waals surface area contributed by atoms with Crippen molar-refractivity contribution in [2.75, 3.05) is 0 Å². The Morgan fingerprint density at radius 2 is 0.800 bits per heavy atom. The molecule has 10 heteroatoms. The summed E-state index contributed by atoms with van der Waals surface area (Å²) in [5.41, 5.74) is 0. The molecule has 0 saturated carbocycles. The molecule has 0 rings (SSSR count). The molecule has 0 heterocycles. The summed E-state index contributed by atoms with van der Waals surface area (Å²) < 4.78 is 34.4. The van der Waals surface area contributed by atoms with E-state index in [1.807, 2.05) is 0 Å². The van der Waals surface area contributed by atoms with Crippen LogP contribution in [-0.2, 0) is 18.7 Å². The van der Waals surface area contributed by atoms with E-state index in [-0.39, 0.29) is 123 Å². The van der Waals surface area contributed by atoms with Crippen molar-refractivity contribution in [1.29, 1.82) is 0 Å². The molecule has 0 atom stereocenters. The molecule has 0 fully saturated rings. The molecule has 0 unspecified atom stereocenters. The number of hydrogen-bond acceptors (Lipinski definition) is 4. The molecule has 10 heavy (non-hydrogen) atoms. The normalized spacial score (nSPS) is 5.90. The van der Waals surface area contributed by atoms with Gasteiger partial charge in [-0.3, -0.25) is 0 Å². The molecule has 4 nitrogen and oxygen atoms in total. The van der Waals surface area contributed by atoms with Gasteiger partial charge in [0.05, 0.1) is 0 Å². The third-order valence-corrected chi connectivity index (χ3v) is 0. The summed E-state index contributed by atoms with van der Waals surface area (Å²) in [6, 6.07) is 0. The van der Waals surface area contributed by atoms with Gasteiger partial charge in [-0.05, 0) is 0 Å². The van der Waals surface area contributed by atoms with Gasteiger partial charge in [-0.15, -0.1) is 0 Å². The first-order chi connectivity index (χ1) is 2.00. The molecule has 40 valence electrons. The summed E-state index contributed by atoms with van der Waals surface area (Å²) >= 11 is -5.88. The Morgan fingerprint density at radius 1 is 0.800 bits per heavy atom. The SMILES string of the molecule is [F-].[Na+].[Na+].[Na+].[Na+].[O]=[V]([O-])([O-])[O-]. The second kappa shape index (κ2) is 18.9. The summed E-state index contributed by atoms with van der Waals surface area (Å²) in [4.78, 5) is 0. The third kappa shape index (κ3) is 86.9. The first kappa shape index (κ1) is 36.8. The number of halogens is 1. The predicted octanol–water partition coefficient (Wildman–Crippen LogP) is -18.7. The number of rotatable bonds is 0. The van der Waals surface area contributed by atoms with Crippen molar-refractivity contribution in [3.05, 3.63) is 0 Å². The van der Waals surface area contributed by atoms with E-state index < -0.39 is 15.0 Å². The van der Waals surface area contributed by atoms with Crippen LogP contribution >= 0.6 is 0 Å². The zero-order chi connectivity index (χ0) is 4.50. The quantitative estimate of drug-likeness (QED) is 0.384. The molecule has 0 radical (unpaired) electrons. The van der Waals surface area contributed by atoms with Crippen molar-refractivity contribution >= 4 is 0 Å². The second-order valence-electron chi connectivity index (χ2n) is 0.447. The van der Waals surface area contributed by atoms with Crippen molar-refractivity contribution < 1.29 is 154 Å². The van der Waals surface area contributed by atoms with Crippen molar-refractivity contribution in [3.8, 4) is 0 Å². The summed E-state index contributed by atoms with van der Waals surface area (Å²) in [6.07, 6.45) is 0. The van der Waals surface area contributed by atoms with Crippen LogP contribution in [0.15, 0.2) is 0 Å². The van der Waals surface area contributed by atoms with E-state index in [4.69, 9.17) is 15.8 Å². The van der Waals surface area contributed by atoms with Crippen LogP contribution < -0.4 is 135 Å². The molecule has 0 bridgehead atoms. The molecular weight excluding hydrogens is 226 g/mol. The van der Waals surface area contributed by atoms with E-state index in [9.17, 15) is 0 Å². The van der Waals surface area contributed by atoms with Crippen LogP contribution in [0.3, 0.4) is 0 Å². The van der Waals surface area contributed by atoms with Crippen molar-refractivity contribution in [1.82, 2.24) is 0 Å². The predicted molar refractivity (Wildman–Crippen MR) is 0.686 cm³/mol.